The Morgan fingerprint density at radius 3 is 2.76 bits per heavy atom. The van der Waals surface area contributed by atoms with Crippen molar-refractivity contribution in [1.29, 1.82) is 0 Å². The van der Waals surface area contributed by atoms with Gasteiger partial charge >= 0.3 is 5.97 Å². The molecule has 6 heteroatoms. The molecule has 112 valence electrons. The number of carbonyl (C=O) groups excluding carboxylic acids is 1. The topological polar surface area (TPSA) is 61.5 Å². The molecule has 0 bridgehead atoms. The predicted molar refractivity (Wildman–Crippen MR) is 86.4 cm³/mol. The van der Waals surface area contributed by atoms with E-state index in [1.807, 2.05) is 13.0 Å². The van der Waals surface area contributed by atoms with Crippen molar-refractivity contribution in [3.8, 4) is 16.2 Å². The fraction of sp³-hybridized carbons (Fsp3) is 0.267. The van der Waals surface area contributed by atoms with Crippen LogP contribution in [0.1, 0.15) is 22.2 Å². The maximum atomic E-state index is 11.9. The number of thiophene rings is 1. The third-order valence-corrected chi connectivity index (χ3v) is 4.62. The van der Waals surface area contributed by atoms with Crippen LogP contribution in [0, 0.1) is 6.92 Å². The number of benzene rings is 1. The molecule has 0 fully saturated rings. The average molecular weight is 326 g/mol. The lowest BCUT2D eigenvalue weighted by atomic mass is 10.1. The molecule has 0 unspecified atom stereocenters. The van der Waals surface area contributed by atoms with E-state index >= 15 is 0 Å². The van der Waals surface area contributed by atoms with Crippen LogP contribution in [0.15, 0.2) is 18.2 Å². The predicted octanol–water partition coefficient (Wildman–Crippen LogP) is 4.14. The lowest BCUT2D eigenvalue weighted by Gasteiger charge is -2.08. The highest BCUT2D eigenvalue weighted by Gasteiger charge is 2.22. The van der Waals surface area contributed by atoms with E-state index in [-0.39, 0.29) is 0 Å². The number of halogens is 1. The fourth-order valence-corrected chi connectivity index (χ4v) is 3.30. The first-order chi connectivity index (χ1) is 9.99. The summed E-state index contributed by atoms with van der Waals surface area (Å²) in [6, 6.07) is 5.36. The maximum absolute atomic E-state index is 11.9. The first kappa shape index (κ1) is 15.7. The van der Waals surface area contributed by atoms with Crippen LogP contribution in [0.5, 0.6) is 5.75 Å². The molecule has 2 aromatic rings. The second kappa shape index (κ2) is 6.37. The molecular formula is C15H16ClNO3S. The molecule has 1 aromatic heterocycles. The lowest BCUT2D eigenvalue weighted by Crippen LogP contribution is -2.05. The van der Waals surface area contributed by atoms with E-state index in [1.54, 1.807) is 26.2 Å². The second-order valence-corrected chi connectivity index (χ2v) is 5.82. The van der Waals surface area contributed by atoms with Gasteiger partial charge in [0.2, 0.25) is 0 Å². The van der Waals surface area contributed by atoms with Crippen molar-refractivity contribution < 1.29 is 14.3 Å². The van der Waals surface area contributed by atoms with Gasteiger partial charge in [-0.15, -0.1) is 11.3 Å². The Morgan fingerprint density at radius 2 is 2.14 bits per heavy atom. The molecule has 0 saturated carbocycles. The van der Waals surface area contributed by atoms with Gasteiger partial charge in [-0.2, -0.15) is 0 Å². The van der Waals surface area contributed by atoms with Crippen LogP contribution in [0.3, 0.4) is 0 Å². The number of nitrogens with two attached hydrogens (primary N) is 1. The number of esters is 1. The molecule has 1 aromatic carbocycles. The molecule has 0 aliphatic heterocycles. The van der Waals surface area contributed by atoms with E-state index in [9.17, 15) is 4.79 Å². The summed E-state index contributed by atoms with van der Waals surface area (Å²) in [5.41, 5.74) is 8.18. The molecule has 0 aliphatic rings. The van der Waals surface area contributed by atoms with E-state index in [2.05, 4.69) is 0 Å². The third-order valence-electron chi connectivity index (χ3n) is 3.06. The highest BCUT2D eigenvalue weighted by molar-refractivity contribution is 7.18. The summed E-state index contributed by atoms with van der Waals surface area (Å²) < 4.78 is 10.4. The average Bonchev–Trinajstić information content (AvgIpc) is 2.76. The highest BCUT2D eigenvalue weighted by atomic mass is 35.5. The van der Waals surface area contributed by atoms with Crippen molar-refractivity contribution in [2.75, 3.05) is 19.5 Å². The van der Waals surface area contributed by atoms with E-state index < -0.39 is 5.97 Å². The molecule has 0 saturated heterocycles. The Bertz CT molecular complexity index is 682. The Balaban J connectivity index is 2.55. The summed E-state index contributed by atoms with van der Waals surface area (Å²) in [7, 11) is 1.58. The van der Waals surface area contributed by atoms with Crippen molar-refractivity contribution >= 4 is 34.6 Å². The van der Waals surface area contributed by atoms with Gasteiger partial charge in [-0.05, 0) is 37.6 Å². The van der Waals surface area contributed by atoms with Crippen LogP contribution < -0.4 is 10.5 Å². The number of anilines is 1. The zero-order valence-electron chi connectivity index (χ0n) is 12.0. The van der Waals surface area contributed by atoms with E-state index in [0.29, 0.717) is 27.9 Å². The minimum Gasteiger partial charge on any atom is -0.496 e. The fourth-order valence-electron chi connectivity index (χ4n) is 1.98. The van der Waals surface area contributed by atoms with Gasteiger partial charge in [0.15, 0.2) is 0 Å². The molecule has 21 heavy (non-hydrogen) atoms. The number of hydrogen-bond acceptors (Lipinski definition) is 5. The van der Waals surface area contributed by atoms with Crippen LogP contribution in [0.2, 0.25) is 5.02 Å². The second-order valence-electron chi connectivity index (χ2n) is 4.36. The highest BCUT2D eigenvalue weighted by Crippen LogP contribution is 2.42. The standard InChI is InChI=1S/C15H16ClNO3S/c1-4-20-15(18)14-12(17)8(2)13(21-14)10-6-5-9(16)7-11(10)19-3/h5-7H,4,17H2,1-3H3. The summed E-state index contributed by atoms with van der Waals surface area (Å²) in [5, 5.41) is 0.586. The number of rotatable bonds is 4. The van der Waals surface area contributed by atoms with Crippen molar-refractivity contribution in [2.24, 2.45) is 0 Å². The van der Waals surface area contributed by atoms with Crippen LogP contribution in [-0.2, 0) is 4.74 Å². The van der Waals surface area contributed by atoms with Gasteiger partial charge in [-0.1, -0.05) is 11.6 Å². The van der Waals surface area contributed by atoms with Crippen LogP contribution in [0.25, 0.3) is 10.4 Å². The van der Waals surface area contributed by atoms with Gasteiger partial charge < -0.3 is 15.2 Å². The minimum atomic E-state index is -0.401. The molecule has 1 heterocycles. The smallest absolute Gasteiger partial charge is 0.350 e. The minimum absolute atomic E-state index is 0.314. The van der Waals surface area contributed by atoms with Crippen LogP contribution in [0.4, 0.5) is 5.69 Å². The lowest BCUT2D eigenvalue weighted by molar-refractivity contribution is 0.0533. The molecule has 2 N–H and O–H groups in total. The number of hydrogen-bond donors (Lipinski definition) is 1. The SMILES string of the molecule is CCOC(=O)c1sc(-c2ccc(Cl)cc2OC)c(C)c1N. The summed E-state index contributed by atoms with van der Waals surface area (Å²) in [6.45, 7) is 3.95. The van der Waals surface area contributed by atoms with Gasteiger partial charge in [-0.25, -0.2) is 4.79 Å². The number of ether oxygens (including phenoxy) is 2. The zero-order valence-corrected chi connectivity index (χ0v) is 13.6. The van der Waals surface area contributed by atoms with Crippen molar-refractivity contribution in [2.45, 2.75) is 13.8 Å². The number of nitrogen functional groups attached to an aromatic ring is 1. The first-order valence-electron chi connectivity index (χ1n) is 6.39. The summed E-state index contributed by atoms with van der Waals surface area (Å²) in [5.74, 6) is 0.240. The summed E-state index contributed by atoms with van der Waals surface area (Å²) in [6.07, 6.45) is 0. The Morgan fingerprint density at radius 1 is 1.43 bits per heavy atom. The Labute approximate surface area is 132 Å². The molecule has 0 aliphatic carbocycles. The van der Waals surface area contributed by atoms with Gasteiger partial charge in [0.25, 0.3) is 0 Å². The number of carbonyl (C=O) groups is 1. The van der Waals surface area contributed by atoms with E-state index in [1.165, 1.54) is 11.3 Å². The molecule has 0 spiro atoms. The summed E-state index contributed by atoms with van der Waals surface area (Å²) in [4.78, 5) is 13.2. The van der Waals surface area contributed by atoms with E-state index in [4.69, 9.17) is 26.8 Å². The molecule has 0 amide bonds. The molecule has 4 nitrogen and oxygen atoms in total. The van der Waals surface area contributed by atoms with Crippen LogP contribution >= 0.6 is 22.9 Å². The van der Waals surface area contributed by atoms with Gasteiger partial charge in [0.1, 0.15) is 10.6 Å². The van der Waals surface area contributed by atoms with Crippen molar-refractivity contribution in [1.82, 2.24) is 0 Å². The third kappa shape index (κ3) is 2.99. The molecule has 2 rings (SSSR count). The quantitative estimate of drug-likeness (QED) is 0.858. The Kier molecular flexibility index (Phi) is 4.75. The molecular weight excluding hydrogens is 310 g/mol. The van der Waals surface area contributed by atoms with Crippen molar-refractivity contribution in [3.05, 3.63) is 33.7 Å². The maximum Gasteiger partial charge on any atom is 0.350 e. The molecule has 0 radical (unpaired) electrons. The Hall–Kier alpha value is -1.72. The van der Waals surface area contributed by atoms with Gasteiger partial charge in [0.05, 0.1) is 19.4 Å². The first-order valence-corrected chi connectivity index (χ1v) is 7.58. The zero-order chi connectivity index (χ0) is 15.6. The van der Waals surface area contributed by atoms with Gasteiger partial charge in [-0.3, -0.25) is 0 Å². The normalized spacial score (nSPS) is 10.5. The largest absolute Gasteiger partial charge is 0.496 e. The van der Waals surface area contributed by atoms with Crippen LogP contribution in [-0.4, -0.2) is 19.7 Å². The van der Waals surface area contributed by atoms with Crippen molar-refractivity contribution in [3.63, 3.8) is 0 Å². The number of methoxy groups -OCH3 is 1. The summed E-state index contributed by atoms with van der Waals surface area (Å²) >= 11 is 7.28. The van der Waals surface area contributed by atoms with Gasteiger partial charge in [0, 0.05) is 15.5 Å². The monoisotopic (exact) mass is 325 g/mol. The van der Waals surface area contributed by atoms with E-state index in [0.717, 1.165) is 16.0 Å². The molecule has 0 atom stereocenters.